The second-order valence-corrected chi connectivity index (χ2v) is 15.5. The number of hydrogen-bond donors (Lipinski definition) is 0. The molecule has 2 aliphatic rings. The van der Waals surface area contributed by atoms with Crippen LogP contribution in [0.3, 0.4) is 0 Å². The lowest BCUT2D eigenvalue weighted by Gasteiger charge is -2.23. The molecule has 276 valence electrons. The SMILES string of the molecule is CC1C=CC=CC1c1cc(-c2ccc(-c3ccccc3)cc2)nc(C2C=CC(c3cccc(-c4nc5ccc6ccccc6c5c5c4oc4ccccc45)c3)=CC2)n1. The Morgan fingerprint density at radius 1 is 0.569 bits per heavy atom. The van der Waals surface area contributed by atoms with Gasteiger partial charge in [-0.05, 0) is 69.6 Å². The Bertz CT molecular complexity index is 3170. The van der Waals surface area contributed by atoms with Crippen molar-refractivity contribution in [2.45, 2.75) is 25.2 Å². The van der Waals surface area contributed by atoms with Gasteiger partial charge in [-0.25, -0.2) is 15.0 Å². The van der Waals surface area contributed by atoms with Crippen LogP contribution in [0.2, 0.25) is 0 Å². The standard InChI is InChI=1S/C54H39N3O/c1-34-12-5-7-18-43(34)48-33-47(39-26-22-36(23-27-39)35-13-3-2-4-14-35)56-54(57-48)40-28-24-37(25-29-40)41-16-11-17-42(32-41)52-53-51(45-20-9-10-21-49(45)58-53)50-44-19-8-6-15-38(44)30-31-46(50)55-52/h2-28,30-34,40,43H,29H2,1H3. The van der Waals surface area contributed by atoms with Crippen LogP contribution in [0.15, 0.2) is 193 Å². The summed E-state index contributed by atoms with van der Waals surface area (Å²) in [5, 5.41) is 5.72. The Hall–Kier alpha value is -7.17. The molecule has 3 aromatic heterocycles. The molecule has 0 amide bonds. The Morgan fingerprint density at radius 2 is 1.31 bits per heavy atom. The van der Waals surface area contributed by atoms with Crippen molar-refractivity contribution in [1.29, 1.82) is 0 Å². The molecule has 58 heavy (non-hydrogen) atoms. The van der Waals surface area contributed by atoms with E-state index >= 15 is 0 Å². The van der Waals surface area contributed by atoms with Crippen LogP contribution < -0.4 is 0 Å². The van der Waals surface area contributed by atoms with Crippen LogP contribution in [0.1, 0.15) is 42.3 Å². The molecule has 4 nitrogen and oxygen atoms in total. The number of fused-ring (bicyclic) bond motifs is 7. The van der Waals surface area contributed by atoms with E-state index in [0.29, 0.717) is 5.92 Å². The third-order valence-corrected chi connectivity index (χ3v) is 11.9. The maximum atomic E-state index is 6.66. The van der Waals surface area contributed by atoms with E-state index in [9.17, 15) is 0 Å². The molecule has 0 fully saturated rings. The third-order valence-electron chi connectivity index (χ3n) is 11.9. The zero-order valence-electron chi connectivity index (χ0n) is 32.1. The highest BCUT2D eigenvalue weighted by Crippen LogP contribution is 2.42. The highest BCUT2D eigenvalue weighted by molar-refractivity contribution is 6.27. The third kappa shape index (κ3) is 5.97. The number of benzene rings is 6. The zero-order chi connectivity index (χ0) is 38.6. The van der Waals surface area contributed by atoms with Gasteiger partial charge in [0.05, 0.1) is 16.9 Å². The van der Waals surface area contributed by atoms with E-state index in [0.717, 1.165) is 78.9 Å². The molecule has 6 aromatic carbocycles. The topological polar surface area (TPSA) is 51.8 Å². The minimum atomic E-state index is 0.0554. The van der Waals surface area contributed by atoms with Crippen molar-refractivity contribution < 1.29 is 4.42 Å². The van der Waals surface area contributed by atoms with Crippen molar-refractivity contribution >= 4 is 49.2 Å². The summed E-state index contributed by atoms with van der Waals surface area (Å²) in [6.07, 6.45) is 16.5. The Kier molecular flexibility index (Phi) is 8.29. The van der Waals surface area contributed by atoms with Crippen LogP contribution in [0.4, 0.5) is 0 Å². The van der Waals surface area contributed by atoms with E-state index < -0.39 is 0 Å². The first kappa shape index (κ1) is 34.1. The van der Waals surface area contributed by atoms with Gasteiger partial charge in [0.1, 0.15) is 17.1 Å². The van der Waals surface area contributed by atoms with Gasteiger partial charge in [-0.3, -0.25) is 0 Å². The summed E-state index contributed by atoms with van der Waals surface area (Å²) in [6.45, 7) is 2.26. The number of furan rings is 1. The molecule has 9 aromatic rings. The number of pyridine rings is 1. The number of hydrogen-bond acceptors (Lipinski definition) is 4. The first-order chi connectivity index (χ1) is 28.6. The Morgan fingerprint density at radius 3 is 2.16 bits per heavy atom. The van der Waals surface area contributed by atoms with Gasteiger partial charge in [0.25, 0.3) is 0 Å². The highest BCUT2D eigenvalue weighted by Gasteiger charge is 2.24. The second-order valence-electron chi connectivity index (χ2n) is 15.5. The molecule has 3 heterocycles. The van der Waals surface area contributed by atoms with Crippen LogP contribution in [0.25, 0.3) is 82.8 Å². The molecular formula is C54H39N3O. The van der Waals surface area contributed by atoms with E-state index in [2.05, 4.69) is 183 Å². The first-order valence-corrected chi connectivity index (χ1v) is 20.2. The average molecular weight is 746 g/mol. The first-order valence-electron chi connectivity index (χ1n) is 20.2. The predicted molar refractivity (Wildman–Crippen MR) is 240 cm³/mol. The maximum absolute atomic E-state index is 6.66. The number of aromatic nitrogens is 3. The quantitative estimate of drug-likeness (QED) is 0.159. The van der Waals surface area contributed by atoms with Gasteiger partial charge < -0.3 is 4.42 Å². The van der Waals surface area contributed by atoms with Gasteiger partial charge in [0, 0.05) is 39.1 Å². The molecule has 0 saturated heterocycles. The fourth-order valence-corrected chi connectivity index (χ4v) is 8.84. The summed E-state index contributed by atoms with van der Waals surface area (Å²) in [7, 11) is 0. The minimum Gasteiger partial charge on any atom is -0.454 e. The van der Waals surface area contributed by atoms with Crippen molar-refractivity contribution in [2.24, 2.45) is 5.92 Å². The van der Waals surface area contributed by atoms with E-state index in [1.165, 1.54) is 27.5 Å². The molecule has 3 unspecified atom stereocenters. The van der Waals surface area contributed by atoms with Gasteiger partial charge in [-0.1, -0.05) is 171 Å². The fourth-order valence-electron chi connectivity index (χ4n) is 8.84. The molecule has 0 N–H and O–H groups in total. The molecule has 0 spiro atoms. The van der Waals surface area contributed by atoms with Crippen LogP contribution in [-0.2, 0) is 0 Å². The van der Waals surface area contributed by atoms with Crippen molar-refractivity contribution in [3.05, 3.63) is 205 Å². The van der Waals surface area contributed by atoms with Gasteiger partial charge in [-0.15, -0.1) is 0 Å². The molecular weight excluding hydrogens is 707 g/mol. The summed E-state index contributed by atoms with van der Waals surface area (Å²) in [5.41, 5.74) is 12.3. The molecule has 3 atom stereocenters. The minimum absolute atomic E-state index is 0.0554. The van der Waals surface area contributed by atoms with Crippen molar-refractivity contribution in [3.8, 4) is 33.6 Å². The summed E-state index contributed by atoms with van der Waals surface area (Å²) < 4.78 is 6.66. The average Bonchev–Trinajstić information content (AvgIpc) is 3.69. The number of allylic oxidation sites excluding steroid dienone is 8. The summed E-state index contributed by atoms with van der Waals surface area (Å²) >= 11 is 0. The molecule has 0 saturated carbocycles. The van der Waals surface area contributed by atoms with E-state index in [-0.39, 0.29) is 11.8 Å². The van der Waals surface area contributed by atoms with Crippen LogP contribution in [-0.4, -0.2) is 15.0 Å². The van der Waals surface area contributed by atoms with Gasteiger partial charge >= 0.3 is 0 Å². The van der Waals surface area contributed by atoms with E-state index in [1.54, 1.807) is 0 Å². The summed E-state index contributed by atoms with van der Waals surface area (Å²) in [6, 6.07) is 51.3. The fraction of sp³-hybridized carbons (Fsp3) is 0.0926. The van der Waals surface area contributed by atoms with Crippen molar-refractivity contribution in [2.75, 3.05) is 0 Å². The number of rotatable bonds is 6. The normalized spacial score (nSPS) is 17.7. The van der Waals surface area contributed by atoms with Gasteiger partial charge in [-0.2, -0.15) is 0 Å². The summed E-state index contributed by atoms with van der Waals surface area (Å²) in [4.78, 5) is 15.8. The molecule has 2 aliphatic carbocycles. The largest absolute Gasteiger partial charge is 0.454 e. The highest BCUT2D eigenvalue weighted by atomic mass is 16.3. The van der Waals surface area contributed by atoms with Crippen molar-refractivity contribution in [3.63, 3.8) is 0 Å². The lowest BCUT2D eigenvalue weighted by atomic mass is 9.86. The molecule has 0 aliphatic heterocycles. The van der Waals surface area contributed by atoms with E-state index in [4.69, 9.17) is 19.4 Å². The second kappa shape index (κ2) is 14.1. The Labute approximate surface area is 337 Å². The van der Waals surface area contributed by atoms with Gasteiger partial charge in [0.2, 0.25) is 0 Å². The van der Waals surface area contributed by atoms with E-state index in [1.807, 2.05) is 12.1 Å². The molecule has 0 bridgehead atoms. The smallest absolute Gasteiger partial charge is 0.162 e. The predicted octanol–water partition coefficient (Wildman–Crippen LogP) is 14.1. The summed E-state index contributed by atoms with van der Waals surface area (Å²) in [5.74, 6) is 1.45. The number of nitrogens with zero attached hydrogens (tertiary/aromatic N) is 3. The number of para-hydroxylation sites is 1. The Balaban J connectivity index is 0.945. The van der Waals surface area contributed by atoms with Crippen LogP contribution >= 0.6 is 0 Å². The lowest BCUT2D eigenvalue weighted by molar-refractivity contribution is 0.610. The molecule has 4 heteroatoms. The van der Waals surface area contributed by atoms with Crippen LogP contribution in [0.5, 0.6) is 0 Å². The zero-order valence-corrected chi connectivity index (χ0v) is 32.1. The molecule has 11 rings (SSSR count). The van der Waals surface area contributed by atoms with Crippen LogP contribution in [0, 0.1) is 5.92 Å². The van der Waals surface area contributed by atoms with Gasteiger partial charge in [0.15, 0.2) is 5.58 Å². The maximum Gasteiger partial charge on any atom is 0.162 e. The lowest BCUT2D eigenvalue weighted by Crippen LogP contribution is -2.13. The monoisotopic (exact) mass is 745 g/mol. The van der Waals surface area contributed by atoms with Crippen molar-refractivity contribution in [1.82, 2.24) is 15.0 Å². The molecule has 0 radical (unpaired) electrons.